The number of hydrogen-bond acceptors (Lipinski definition) is 5. The number of fused-ring (bicyclic) bond motifs is 1. The van der Waals surface area contributed by atoms with E-state index in [1.165, 1.54) is 0 Å². The molecule has 1 aromatic rings. The number of thiazole rings is 1. The summed E-state index contributed by atoms with van der Waals surface area (Å²) < 4.78 is 32.5. The van der Waals surface area contributed by atoms with Gasteiger partial charge in [0.05, 0.1) is 23.0 Å². The smallest absolute Gasteiger partial charge is 0.216 e. The fourth-order valence-electron chi connectivity index (χ4n) is 3.74. The lowest BCUT2D eigenvalue weighted by molar-refractivity contribution is 0.0882. The zero-order valence-electron chi connectivity index (χ0n) is 12.8. The highest BCUT2D eigenvalue weighted by atomic mass is 32.2. The second-order valence-corrected chi connectivity index (χ2v) is 9.93. The first-order valence-electron chi connectivity index (χ1n) is 8.05. The number of ether oxygens (including phenoxy) is 1. The summed E-state index contributed by atoms with van der Waals surface area (Å²) in [4.78, 5) is 4.53. The highest BCUT2D eigenvalue weighted by molar-refractivity contribution is 7.90. The Morgan fingerprint density at radius 3 is 2.91 bits per heavy atom. The molecule has 2 saturated heterocycles. The van der Waals surface area contributed by atoms with Crippen molar-refractivity contribution in [2.75, 3.05) is 19.7 Å². The Hall–Kier alpha value is -0.500. The molecule has 22 heavy (non-hydrogen) atoms. The van der Waals surface area contributed by atoms with Crippen LogP contribution in [-0.2, 0) is 21.2 Å². The van der Waals surface area contributed by atoms with Gasteiger partial charge in [0, 0.05) is 36.5 Å². The van der Waals surface area contributed by atoms with Gasteiger partial charge in [0.25, 0.3) is 0 Å². The van der Waals surface area contributed by atoms with Crippen LogP contribution in [0.4, 0.5) is 0 Å². The standard InChI is InChI=1S/C15H22N2O3S2/c1-10-9-21-15(16-10)6-14-13-4-5-17(7-11(13)8-20-14)22(18,19)12-2-3-12/h9,11-14H,2-8H2,1H3/t11-,13-,14-/m1/s1. The number of rotatable bonds is 4. The van der Waals surface area contributed by atoms with Gasteiger partial charge in [-0.3, -0.25) is 0 Å². The number of piperidine rings is 1. The van der Waals surface area contributed by atoms with Crippen molar-refractivity contribution in [2.24, 2.45) is 11.8 Å². The van der Waals surface area contributed by atoms with Crippen LogP contribution in [0.5, 0.6) is 0 Å². The third-order valence-corrected chi connectivity index (χ3v) is 8.46. The molecule has 5 nitrogen and oxygen atoms in total. The predicted octanol–water partition coefficient (Wildman–Crippen LogP) is 1.82. The average Bonchev–Trinajstić information content (AvgIpc) is 3.18. The third kappa shape index (κ3) is 2.72. The molecule has 0 bridgehead atoms. The van der Waals surface area contributed by atoms with Gasteiger partial charge in [-0.1, -0.05) is 0 Å². The zero-order valence-corrected chi connectivity index (χ0v) is 14.4. The van der Waals surface area contributed by atoms with Crippen molar-refractivity contribution in [3.05, 3.63) is 16.1 Å². The van der Waals surface area contributed by atoms with Crippen LogP contribution in [0.3, 0.4) is 0 Å². The fourth-order valence-corrected chi connectivity index (χ4v) is 6.47. The SMILES string of the molecule is Cc1csc(C[C@H]2OC[C@H]3CN(S(=O)(=O)C4CC4)CC[C@H]32)n1. The number of aromatic nitrogens is 1. The van der Waals surface area contributed by atoms with E-state index in [1.54, 1.807) is 15.6 Å². The Bertz CT molecular complexity index is 653. The number of nitrogens with zero attached hydrogens (tertiary/aromatic N) is 2. The van der Waals surface area contributed by atoms with E-state index in [-0.39, 0.29) is 11.4 Å². The third-order valence-electron chi connectivity index (χ3n) is 5.11. The van der Waals surface area contributed by atoms with Gasteiger partial charge in [-0.2, -0.15) is 0 Å². The second kappa shape index (κ2) is 5.54. The molecule has 7 heteroatoms. The molecule has 0 N–H and O–H groups in total. The molecule has 1 saturated carbocycles. The number of hydrogen-bond donors (Lipinski definition) is 0. The summed E-state index contributed by atoms with van der Waals surface area (Å²) in [6, 6.07) is 0. The van der Waals surface area contributed by atoms with Gasteiger partial charge in [-0.15, -0.1) is 11.3 Å². The molecule has 122 valence electrons. The van der Waals surface area contributed by atoms with E-state index in [9.17, 15) is 8.42 Å². The van der Waals surface area contributed by atoms with Gasteiger partial charge in [-0.25, -0.2) is 17.7 Å². The van der Waals surface area contributed by atoms with E-state index in [1.807, 2.05) is 6.92 Å². The Kier molecular flexibility index (Phi) is 3.79. The monoisotopic (exact) mass is 342 g/mol. The molecule has 0 amide bonds. The van der Waals surface area contributed by atoms with Crippen LogP contribution < -0.4 is 0 Å². The predicted molar refractivity (Wildman–Crippen MR) is 85.4 cm³/mol. The van der Waals surface area contributed by atoms with Gasteiger partial charge < -0.3 is 4.74 Å². The van der Waals surface area contributed by atoms with Crippen LogP contribution in [-0.4, -0.2) is 48.8 Å². The Morgan fingerprint density at radius 1 is 1.41 bits per heavy atom. The lowest BCUT2D eigenvalue weighted by atomic mass is 9.84. The summed E-state index contributed by atoms with van der Waals surface area (Å²) in [5, 5.41) is 3.11. The lowest BCUT2D eigenvalue weighted by Gasteiger charge is -2.34. The van der Waals surface area contributed by atoms with Crippen molar-refractivity contribution >= 4 is 21.4 Å². The van der Waals surface area contributed by atoms with E-state index in [0.29, 0.717) is 31.5 Å². The van der Waals surface area contributed by atoms with Crippen LogP contribution in [0.2, 0.25) is 0 Å². The van der Waals surface area contributed by atoms with E-state index in [4.69, 9.17) is 4.74 Å². The van der Waals surface area contributed by atoms with Gasteiger partial charge >= 0.3 is 0 Å². The van der Waals surface area contributed by atoms with Crippen molar-refractivity contribution in [1.82, 2.24) is 9.29 Å². The van der Waals surface area contributed by atoms with Crippen LogP contribution in [0.25, 0.3) is 0 Å². The van der Waals surface area contributed by atoms with Crippen molar-refractivity contribution in [3.8, 4) is 0 Å². The normalized spacial score (nSPS) is 33.0. The van der Waals surface area contributed by atoms with E-state index < -0.39 is 10.0 Å². The molecule has 3 heterocycles. The molecule has 4 rings (SSSR count). The molecule has 0 radical (unpaired) electrons. The highest BCUT2D eigenvalue weighted by Gasteiger charge is 2.47. The number of aryl methyl sites for hydroxylation is 1. The maximum absolute atomic E-state index is 12.4. The molecular formula is C15H22N2O3S2. The Labute approximate surface area is 135 Å². The fraction of sp³-hybridized carbons (Fsp3) is 0.800. The largest absolute Gasteiger partial charge is 0.377 e. The molecule has 1 aliphatic carbocycles. The molecule has 3 fully saturated rings. The second-order valence-electron chi connectivity index (χ2n) is 6.77. The summed E-state index contributed by atoms with van der Waals surface area (Å²) >= 11 is 1.70. The minimum atomic E-state index is -3.03. The van der Waals surface area contributed by atoms with E-state index >= 15 is 0 Å². The molecule has 1 aromatic heterocycles. The summed E-state index contributed by atoms with van der Waals surface area (Å²) in [5.41, 5.74) is 1.07. The zero-order chi connectivity index (χ0) is 15.3. The summed E-state index contributed by atoms with van der Waals surface area (Å²) in [7, 11) is -3.03. The molecule has 3 aliphatic rings. The van der Waals surface area contributed by atoms with Crippen molar-refractivity contribution in [2.45, 2.75) is 44.0 Å². The topological polar surface area (TPSA) is 59.5 Å². The Morgan fingerprint density at radius 2 is 2.23 bits per heavy atom. The van der Waals surface area contributed by atoms with Crippen LogP contribution in [0.15, 0.2) is 5.38 Å². The van der Waals surface area contributed by atoms with Gasteiger partial charge in [0.15, 0.2) is 0 Å². The Balaban J connectivity index is 1.41. The lowest BCUT2D eigenvalue weighted by Crippen LogP contribution is -2.45. The van der Waals surface area contributed by atoms with E-state index in [0.717, 1.165) is 36.4 Å². The summed E-state index contributed by atoms with van der Waals surface area (Å²) in [5.74, 6) is 0.836. The molecule has 0 aromatic carbocycles. The number of sulfonamides is 1. The van der Waals surface area contributed by atoms with E-state index in [2.05, 4.69) is 10.4 Å². The molecule has 0 spiro atoms. The maximum Gasteiger partial charge on any atom is 0.216 e. The quantitative estimate of drug-likeness (QED) is 0.837. The van der Waals surface area contributed by atoms with Crippen molar-refractivity contribution in [3.63, 3.8) is 0 Å². The molecule has 2 aliphatic heterocycles. The average molecular weight is 342 g/mol. The summed E-state index contributed by atoms with van der Waals surface area (Å²) in [6.45, 7) is 4.02. The van der Waals surface area contributed by atoms with Crippen molar-refractivity contribution < 1.29 is 13.2 Å². The van der Waals surface area contributed by atoms with Crippen LogP contribution >= 0.6 is 11.3 Å². The van der Waals surface area contributed by atoms with Crippen molar-refractivity contribution in [1.29, 1.82) is 0 Å². The summed E-state index contributed by atoms with van der Waals surface area (Å²) in [6.07, 6.45) is 3.69. The maximum atomic E-state index is 12.4. The molecular weight excluding hydrogens is 320 g/mol. The first-order valence-corrected chi connectivity index (χ1v) is 10.4. The molecule has 3 atom stereocenters. The minimum absolute atomic E-state index is 0.0968. The first-order chi connectivity index (χ1) is 10.5. The van der Waals surface area contributed by atoms with Gasteiger partial charge in [-0.05, 0) is 32.1 Å². The molecule has 0 unspecified atom stereocenters. The van der Waals surface area contributed by atoms with Gasteiger partial charge in [0.2, 0.25) is 10.0 Å². The highest BCUT2D eigenvalue weighted by Crippen LogP contribution is 2.39. The minimum Gasteiger partial charge on any atom is -0.377 e. The van der Waals surface area contributed by atoms with Crippen LogP contribution in [0.1, 0.15) is 30.0 Å². The first kappa shape index (κ1) is 15.1. The van der Waals surface area contributed by atoms with Gasteiger partial charge in [0.1, 0.15) is 0 Å². The van der Waals surface area contributed by atoms with Crippen LogP contribution in [0, 0.1) is 18.8 Å².